The average molecular weight is 285 g/mol. The fourth-order valence-corrected chi connectivity index (χ4v) is 2.17. The number of amides is 1. The summed E-state index contributed by atoms with van der Waals surface area (Å²) < 4.78 is 49.8. The maximum Gasteiger partial charge on any atom is 0.383 e. The lowest BCUT2D eigenvalue weighted by Gasteiger charge is -2.38. The number of carbonyl (C=O) groups is 2. The molecule has 0 heterocycles. The molecule has 0 bridgehead atoms. The van der Waals surface area contributed by atoms with E-state index in [4.69, 9.17) is 5.11 Å². The number of alkyl halides is 4. The Hall–Kier alpha value is -1.34. The fraction of sp³-hybridized carbons (Fsp3) is 0.818. The first-order valence-electron chi connectivity index (χ1n) is 5.82. The van der Waals surface area contributed by atoms with Crippen LogP contribution in [0.3, 0.4) is 0 Å². The fourth-order valence-electron chi connectivity index (χ4n) is 2.17. The zero-order valence-corrected chi connectivity index (χ0v) is 10.3. The molecule has 1 aliphatic carbocycles. The molecule has 1 saturated carbocycles. The Morgan fingerprint density at radius 1 is 1.37 bits per heavy atom. The van der Waals surface area contributed by atoms with Crippen molar-refractivity contribution in [2.45, 2.75) is 51.0 Å². The van der Waals surface area contributed by atoms with E-state index in [2.05, 4.69) is 0 Å². The first-order valence-corrected chi connectivity index (χ1v) is 5.82. The van der Waals surface area contributed by atoms with Gasteiger partial charge in [0.2, 0.25) is 0 Å². The Balaban J connectivity index is 2.85. The molecule has 19 heavy (non-hydrogen) atoms. The van der Waals surface area contributed by atoms with Gasteiger partial charge in [0.05, 0.1) is 5.41 Å². The summed E-state index contributed by atoms with van der Waals surface area (Å²) in [6.07, 6.45) is -2.61. The van der Waals surface area contributed by atoms with Crippen molar-refractivity contribution in [3.05, 3.63) is 0 Å². The van der Waals surface area contributed by atoms with Gasteiger partial charge in [-0.3, -0.25) is 9.59 Å². The number of carboxylic acids is 1. The van der Waals surface area contributed by atoms with Crippen LogP contribution < -0.4 is 5.32 Å². The second-order valence-electron chi connectivity index (χ2n) is 4.92. The van der Waals surface area contributed by atoms with Crippen molar-refractivity contribution in [3.8, 4) is 0 Å². The molecule has 1 aliphatic rings. The van der Waals surface area contributed by atoms with E-state index >= 15 is 0 Å². The quantitative estimate of drug-likeness (QED) is 0.777. The highest BCUT2D eigenvalue weighted by Gasteiger charge is 2.52. The zero-order valence-electron chi connectivity index (χ0n) is 10.3. The number of aliphatic carboxylic acids is 1. The standard InChI is InChI=1S/C11H15F4NO3/c1-10(9(18)19)5-3-2-4-6(10)16-8(17)11(14,15)7(12)13/h6-7H,2-5H2,1H3,(H,16,17)(H,18,19). The van der Waals surface area contributed by atoms with Crippen molar-refractivity contribution in [2.24, 2.45) is 5.41 Å². The van der Waals surface area contributed by atoms with Crippen molar-refractivity contribution in [2.75, 3.05) is 0 Å². The van der Waals surface area contributed by atoms with Crippen LogP contribution in [-0.2, 0) is 9.59 Å². The largest absolute Gasteiger partial charge is 0.481 e. The van der Waals surface area contributed by atoms with Crippen LogP contribution in [0.1, 0.15) is 32.6 Å². The molecule has 0 spiro atoms. The highest BCUT2D eigenvalue weighted by molar-refractivity contribution is 5.85. The molecule has 0 saturated heterocycles. The molecule has 0 aliphatic heterocycles. The number of hydrogen-bond acceptors (Lipinski definition) is 2. The predicted molar refractivity (Wildman–Crippen MR) is 57.1 cm³/mol. The van der Waals surface area contributed by atoms with Crippen LogP contribution in [0.2, 0.25) is 0 Å². The van der Waals surface area contributed by atoms with Crippen LogP contribution in [-0.4, -0.2) is 35.4 Å². The molecule has 2 unspecified atom stereocenters. The predicted octanol–water partition coefficient (Wildman–Crippen LogP) is 2.04. The second-order valence-corrected chi connectivity index (χ2v) is 4.92. The Bertz CT molecular complexity index is 375. The normalized spacial score (nSPS) is 28.2. The van der Waals surface area contributed by atoms with Crippen LogP contribution in [0.4, 0.5) is 17.6 Å². The minimum absolute atomic E-state index is 0.174. The number of carboxylic acid groups (broad SMARTS) is 1. The Kier molecular flexibility index (Phi) is 4.42. The van der Waals surface area contributed by atoms with Crippen molar-refractivity contribution in [1.29, 1.82) is 0 Å². The van der Waals surface area contributed by atoms with E-state index in [1.54, 1.807) is 5.32 Å². The average Bonchev–Trinajstić information content (AvgIpc) is 2.31. The summed E-state index contributed by atoms with van der Waals surface area (Å²) in [4.78, 5) is 22.3. The number of nitrogens with one attached hydrogen (secondary N) is 1. The first kappa shape index (κ1) is 15.7. The smallest absolute Gasteiger partial charge is 0.383 e. The third-order valence-electron chi connectivity index (χ3n) is 3.58. The third-order valence-corrected chi connectivity index (χ3v) is 3.58. The number of hydrogen-bond donors (Lipinski definition) is 2. The van der Waals surface area contributed by atoms with Crippen LogP contribution >= 0.6 is 0 Å². The SMILES string of the molecule is CC1(C(=O)O)CCCCC1NC(=O)C(F)(F)C(F)F. The molecule has 4 nitrogen and oxygen atoms in total. The van der Waals surface area contributed by atoms with Gasteiger partial charge in [-0.2, -0.15) is 8.78 Å². The van der Waals surface area contributed by atoms with Gasteiger partial charge in [0.15, 0.2) is 0 Å². The molecule has 0 aromatic carbocycles. The van der Waals surface area contributed by atoms with Crippen LogP contribution in [0.25, 0.3) is 0 Å². The summed E-state index contributed by atoms with van der Waals surface area (Å²) in [6, 6.07) is -1.07. The Morgan fingerprint density at radius 3 is 2.42 bits per heavy atom. The molecule has 1 amide bonds. The van der Waals surface area contributed by atoms with Crippen LogP contribution in [0.5, 0.6) is 0 Å². The lowest BCUT2D eigenvalue weighted by molar-refractivity contribution is -0.172. The zero-order chi connectivity index (χ0) is 14.8. The van der Waals surface area contributed by atoms with Gasteiger partial charge >= 0.3 is 18.3 Å². The van der Waals surface area contributed by atoms with Gasteiger partial charge in [-0.05, 0) is 19.8 Å². The maximum atomic E-state index is 12.8. The third kappa shape index (κ3) is 2.98. The summed E-state index contributed by atoms with van der Waals surface area (Å²) in [5.41, 5.74) is -1.41. The summed E-state index contributed by atoms with van der Waals surface area (Å²) in [5.74, 6) is -8.17. The highest BCUT2D eigenvalue weighted by Crippen LogP contribution is 2.37. The first-order chi connectivity index (χ1) is 8.62. The van der Waals surface area contributed by atoms with Crippen molar-refractivity contribution >= 4 is 11.9 Å². The Labute approximate surface area is 107 Å². The van der Waals surface area contributed by atoms with E-state index in [0.717, 1.165) is 0 Å². The van der Waals surface area contributed by atoms with Crippen molar-refractivity contribution in [3.63, 3.8) is 0 Å². The molecule has 0 aromatic rings. The van der Waals surface area contributed by atoms with Gasteiger partial charge in [0.25, 0.3) is 5.91 Å². The van der Waals surface area contributed by atoms with Crippen LogP contribution in [0.15, 0.2) is 0 Å². The Morgan fingerprint density at radius 2 is 1.95 bits per heavy atom. The van der Waals surface area contributed by atoms with E-state index in [0.29, 0.717) is 12.8 Å². The minimum atomic E-state index is -4.81. The number of rotatable bonds is 4. The molecule has 0 aromatic heterocycles. The summed E-state index contributed by atoms with van der Waals surface area (Å²) in [5, 5.41) is 10.9. The topological polar surface area (TPSA) is 66.4 Å². The van der Waals surface area contributed by atoms with Gasteiger partial charge in [-0.1, -0.05) is 12.8 Å². The molecule has 110 valence electrons. The molecule has 2 N–H and O–H groups in total. The second kappa shape index (κ2) is 5.34. The summed E-state index contributed by atoms with van der Waals surface area (Å²) in [7, 11) is 0. The van der Waals surface area contributed by atoms with E-state index < -0.39 is 35.7 Å². The maximum absolute atomic E-state index is 12.8. The van der Waals surface area contributed by atoms with Gasteiger partial charge < -0.3 is 10.4 Å². The monoisotopic (exact) mass is 285 g/mol. The molecule has 1 fully saturated rings. The van der Waals surface area contributed by atoms with Crippen molar-refractivity contribution in [1.82, 2.24) is 5.32 Å². The van der Waals surface area contributed by atoms with Gasteiger partial charge in [0.1, 0.15) is 0 Å². The lowest BCUT2D eigenvalue weighted by Crippen LogP contribution is -2.56. The molecular formula is C11H15F4NO3. The van der Waals surface area contributed by atoms with E-state index in [1.807, 2.05) is 0 Å². The summed E-state index contributed by atoms with van der Waals surface area (Å²) in [6.45, 7) is 1.32. The van der Waals surface area contributed by atoms with Crippen molar-refractivity contribution < 1.29 is 32.3 Å². The van der Waals surface area contributed by atoms with Gasteiger partial charge in [-0.15, -0.1) is 0 Å². The van der Waals surface area contributed by atoms with E-state index in [1.165, 1.54) is 6.92 Å². The van der Waals surface area contributed by atoms with E-state index in [9.17, 15) is 27.2 Å². The summed E-state index contributed by atoms with van der Waals surface area (Å²) >= 11 is 0. The van der Waals surface area contributed by atoms with Gasteiger partial charge in [-0.25, -0.2) is 8.78 Å². The molecule has 2 atom stereocenters. The minimum Gasteiger partial charge on any atom is -0.481 e. The molecule has 8 heteroatoms. The lowest BCUT2D eigenvalue weighted by atomic mass is 9.71. The number of carbonyl (C=O) groups excluding carboxylic acids is 1. The number of halogens is 4. The molecule has 1 rings (SSSR count). The highest BCUT2D eigenvalue weighted by atomic mass is 19.3. The van der Waals surface area contributed by atoms with E-state index in [-0.39, 0.29) is 12.8 Å². The molecular weight excluding hydrogens is 270 g/mol. The van der Waals surface area contributed by atoms with Crippen LogP contribution in [0, 0.1) is 5.41 Å². The molecule has 0 radical (unpaired) electrons. The van der Waals surface area contributed by atoms with Gasteiger partial charge in [0, 0.05) is 6.04 Å².